The predicted octanol–water partition coefficient (Wildman–Crippen LogP) is 0.772. The first-order valence-corrected chi connectivity index (χ1v) is 6.48. The molecule has 102 valence electrons. The quantitative estimate of drug-likeness (QED) is 0.666. The average molecular weight is 292 g/mol. The summed E-state index contributed by atoms with van der Waals surface area (Å²) in [5.41, 5.74) is -0.836. The highest BCUT2D eigenvalue weighted by Gasteiger charge is 2.08. The van der Waals surface area contributed by atoms with Crippen molar-refractivity contribution in [3.63, 3.8) is 0 Å². The van der Waals surface area contributed by atoms with Crippen LogP contribution in [-0.4, -0.2) is 14.8 Å². The Kier molecular flexibility index (Phi) is 4.00. The molecule has 1 heterocycles. The third kappa shape index (κ3) is 2.95. The molecule has 0 unspecified atom stereocenters. The molecule has 1 aromatic heterocycles. The molecule has 0 saturated carbocycles. The van der Waals surface area contributed by atoms with Crippen molar-refractivity contribution in [1.29, 1.82) is 5.26 Å². The monoisotopic (exact) mass is 292 g/mol. The maximum Gasteiger partial charge on any atom is 0.339 e. The number of aromatic nitrogens is 3. The van der Waals surface area contributed by atoms with E-state index in [0.717, 1.165) is 11.8 Å². The number of nitriles is 1. The largest absolute Gasteiger partial charge is 0.339 e. The Hall–Kier alpha value is -2.40. The van der Waals surface area contributed by atoms with Crippen LogP contribution in [0.4, 0.5) is 4.39 Å². The summed E-state index contributed by atoms with van der Waals surface area (Å²) in [4.78, 5) is 25.9. The zero-order valence-corrected chi connectivity index (χ0v) is 11.2. The van der Waals surface area contributed by atoms with Gasteiger partial charge in [0.05, 0.1) is 11.6 Å². The van der Waals surface area contributed by atoms with Crippen LogP contribution in [-0.2, 0) is 12.8 Å². The van der Waals surface area contributed by atoms with Gasteiger partial charge in [-0.05, 0) is 23.8 Å². The molecule has 2 rings (SSSR count). The Morgan fingerprint density at radius 2 is 2.25 bits per heavy atom. The lowest BCUT2D eigenvalue weighted by atomic mass is 10.1. The van der Waals surface area contributed by atoms with E-state index in [-0.39, 0.29) is 10.9 Å². The number of hydrogen-bond donors (Lipinski definition) is 1. The number of H-pyrrole nitrogens is 1. The lowest BCUT2D eigenvalue weighted by molar-refractivity contribution is 0.596. The van der Waals surface area contributed by atoms with Gasteiger partial charge in [-0.1, -0.05) is 11.8 Å². The summed E-state index contributed by atoms with van der Waals surface area (Å²) in [5, 5.41) is 11.5. The standard InChI is InChI=1S/C12H9FN4O2S/c1-17-12(15-10(18)11(19)16-17)20-6-8-4-9(13)3-2-7(8)5-14/h2-4H,6H2,1H3,(H,16,19). The fraction of sp³-hybridized carbons (Fsp3) is 0.167. The van der Waals surface area contributed by atoms with Crippen molar-refractivity contribution in [2.75, 3.05) is 0 Å². The van der Waals surface area contributed by atoms with E-state index in [9.17, 15) is 14.0 Å². The Bertz CT molecular complexity index is 806. The minimum absolute atomic E-state index is 0.257. The lowest BCUT2D eigenvalue weighted by Crippen LogP contribution is -2.33. The van der Waals surface area contributed by atoms with Gasteiger partial charge in [0.1, 0.15) is 5.82 Å². The summed E-state index contributed by atoms with van der Waals surface area (Å²) in [6.07, 6.45) is 0. The Morgan fingerprint density at radius 1 is 1.50 bits per heavy atom. The molecule has 0 fully saturated rings. The van der Waals surface area contributed by atoms with Gasteiger partial charge in [-0.2, -0.15) is 10.2 Å². The van der Waals surface area contributed by atoms with Gasteiger partial charge in [-0.3, -0.25) is 19.4 Å². The van der Waals surface area contributed by atoms with Crippen LogP contribution in [0.15, 0.2) is 32.9 Å². The van der Waals surface area contributed by atoms with E-state index in [4.69, 9.17) is 5.26 Å². The number of hydrogen-bond acceptors (Lipinski definition) is 5. The molecule has 20 heavy (non-hydrogen) atoms. The molecule has 6 nitrogen and oxygen atoms in total. The molecule has 0 bridgehead atoms. The molecule has 1 aromatic carbocycles. The first kappa shape index (κ1) is 14.0. The van der Waals surface area contributed by atoms with E-state index in [0.29, 0.717) is 11.1 Å². The van der Waals surface area contributed by atoms with E-state index in [1.807, 2.05) is 6.07 Å². The van der Waals surface area contributed by atoms with Crippen molar-refractivity contribution in [3.05, 3.63) is 55.9 Å². The number of aryl methyl sites for hydroxylation is 1. The van der Waals surface area contributed by atoms with Crippen LogP contribution in [0.5, 0.6) is 0 Å². The summed E-state index contributed by atoms with van der Waals surface area (Å²) in [6, 6.07) is 5.83. The summed E-state index contributed by atoms with van der Waals surface area (Å²) in [5.74, 6) is -0.185. The number of nitrogens with zero attached hydrogens (tertiary/aromatic N) is 3. The number of aromatic amines is 1. The summed E-state index contributed by atoms with van der Waals surface area (Å²) in [7, 11) is 1.53. The highest BCUT2D eigenvalue weighted by atomic mass is 32.2. The van der Waals surface area contributed by atoms with Gasteiger partial charge in [0.2, 0.25) is 0 Å². The Morgan fingerprint density at radius 3 is 2.95 bits per heavy atom. The smallest absolute Gasteiger partial charge is 0.265 e. The molecular formula is C12H9FN4O2S. The number of rotatable bonds is 3. The van der Waals surface area contributed by atoms with Gasteiger partial charge >= 0.3 is 11.1 Å². The van der Waals surface area contributed by atoms with Crippen LogP contribution in [0.3, 0.4) is 0 Å². The Balaban J connectivity index is 2.28. The lowest BCUT2D eigenvalue weighted by Gasteiger charge is -2.07. The molecule has 0 saturated heterocycles. The third-order valence-corrected chi connectivity index (χ3v) is 3.57. The van der Waals surface area contributed by atoms with Crippen LogP contribution in [0.2, 0.25) is 0 Å². The van der Waals surface area contributed by atoms with Crippen LogP contribution in [0.1, 0.15) is 11.1 Å². The highest BCUT2D eigenvalue weighted by Crippen LogP contribution is 2.21. The van der Waals surface area contributed by atoms with Gasteiger partial charge in [0, 0.05) is 12.8 Å². The van der Waals surface area contributed by atoms with Gasteiger partial charge in [-0.25, -0.2) is 4.39 Å². The molecule has 0 aliphatic heterocycles. The maximum absolute atomic E-state index is 13.2. The van der Waals surface area contributed by atoms with Crippen molar-refractivity contribution in [1.82, 2.24) is 14.8 Å². The van der Waals surface area contributed by atoms with Gasteiger partial charge in [0.15, 0.2) is 5.16 Å². The molecule has 1 N–H and O–H groups in total. The second kappa shape index (κ2) is 5.71. The van der Waals surface area contributed by atoms with Gasteiger partial charge in [0.25, 0.3) is 0 Å². The van der Waals surface area contributed by atoms with E-state index >= 15 is 0 Å². The maximum atomic E-state index is 13.2. The molecular weight excluding hydrogens is 283 g/mol. The van der Waals surface area contributed by atoms with Gasteiger partial charge < -0.3 is 0 Å². The number of halogens is 1. The zero-order valence-electron chi connectivity index (χ0n) is 10.4. The van der Waals surface area contributed by atoms with Crippen LogP contribution in [0, 0.1) is 17.1 Å². The second-order valence-electron chi connectivity index (χ2n) is 3.90. The molecule has 0 aliphatic carbocycles. The highest BCUT2D eigenvalue weighted by molar-refractivity contribution is 7.98. The van der Waals surface area contributed by atoms with E-state index < -0.39 is 16.9 Å². The number of benzene rings is 1. The summed E-state index contributed by atoms with van der Waals surface area (Å²) in [6.45, 7) is 0. The number of nitrogens with one attached hydrogen (secondary N) is 1. The SMILES string of the molecule is Cn1[nH]c(=O)c(=O)nc1SCc1cc(F)ccc1C#N. The molecule has 0 aliphatic rings. The minimum Gasteiger partial charge on any atom is -0.265 e. The first-order chi connectivity index (χ1) is 9.51. The minimum atomic E-state index is -0.884. The summed E-state index contributed by atoms with van der Waals surface area (Å²) >= 11 is 1.13. The van der Waals surface area contributed by atoms with Gasteiger partial charge in [-0.15, -0.1) is 0 Å². The van der Waals surface area contributed by atoms with Crippen molar-refractivity contribution in [2.24, 2.45) is 7.05 Å². The third-order valence-electron chi connectivity index (χ3n) is 2.49. The van der Waals surface area contributed by atoms with E-state index in [1.54, 1.807) is 0 Å². The first-order valence-electron chi connectivity index (χ1n) is 5.50. The van der Waals surface area contributed by atoms with E-state index in [2.05, 4.69) is 10.1 Å². The van der Waals surface area contributed by atoms with E-state index in [1.165, 1.54) is 29.9 Å². The molecule has 2 aromatic rings. The fourth-order valence-electron chi connectivity index (χ4n) is 1.52. The molecule has 0 atom stereocenters. The molecule has 0 radical (unpaired) electrons. The van der Waals surface area contributed by atoms with Crippen molar-refractivity contribution >= 4 is 11.8 Å². The van der Waals surface area contributed by atoms with Crippen LogP contribution in [0.25, 0.3) is 0 Å². The van der Waals surface area contributed by atoms with Crippen LogP contribution < -0.4 is 11.1 Å². The molecule has 0 amide bonds. The van der Waals surface area contributed by atoms with Crippen molar-refractivity contribution in [2.45, 2.75) is 10.9 Å². The molecule has 8 heteroatoms. The predicted molar refractivity (Wildman–Crippen MR) is 70.8 cm³/mol. The zero-order chi connectivity index (χ0) is 14.7. The van der Waals surface area contributed by atoms with Crippen LogP contribution >= 0.6 is 11.8 Å². The Labute approximate surface area is 116 Å². The van der Waals surface area contributed by atoms with Crippen molar-refractivity contribution < 1.29 is 4.39 Å². The molecule has 0 spiro atoms. The normalized spacial score (nSPS) is 10.2. The topological polar surface area (TPSA) is 91.5 Å². The number of thioether (sulfide) groups is 1. The fourth-order valence-corrected chi connectivity index (χ4v) is 2.43. The van der Waals surface area contributed by atoms with Crippen molar-refractivity contribution in [3.8, 4) is 6.07 Å². The second-order valence-corrected chi connectivity index (χ2v) is 4.84. The summed E-state index contributed by atoms with van der Waals surface area (Å²) < 4.78 is 14.5. The average Bonchev–Trinajstić information content (AvgIpc) is 2.41.